The maximum atomic E-state index is 12.7. The summed E-state index contributed by atoms with van der Waals surface area (Å²) in [6.07, 6.45) is 8.96. The average Bonchev–Trinajstić information content (AvgIpc) is 3.30. The molecule has 4 saturated carbocycles. The van der Waals surface area contributed by atoms with Gasteiger partial charge in [-0.3, -0.25) is 19.7 Å². The Hall–Kier alpha value is -2.78. The Morgan fingerprint density at radius 1 is 1.03 bits per heavy atom. The normalized spacial score (nSPS) is 31.3. The SMILES string of the molecule is O=C1CCC(Nc2ccc(NC(=O)c3nc(CNC45CC6CC(CC(C6)C4)C5)cs3)cc2)C(=O)N1. The lowest BCUT2D eigenvalue weighted by Gasteiger charge is -2.57. The van der Waals surface area contributed by atoms with Gasteiger partial charge in [0.2, 0.25) is 11.8 Å². The molecular formula is C26H31N5O3S. The first kappa shape index (κ1) is 22.7. The molecule has 1 aromatic carbocycles. The Morgan fingerprint density at radius 2 is 1.69 bits per heavy atom. The molecule has 4 aliphatic carbocycles. The lowest BCUT2D eigenvalue weighted by Crippen LogP contribution is -2.58. The van der Waals surface area contributed by atoms with E-state index in [1.165, 1.54) is 49.9 Å². The van der Waals surface area contributed by atoms with Crippen LogP contribution in [0.15, 0.2) is 29.6 Å². The fourth-order valence-corrected chi connectivity index (χ4v) is 7.68. The zero-order chi connectivity index (χ0) is 24.0. The highest BCUT2D eigenvalue weighted by atomic mass is 32.1. The molecule has 184 valence electrons. The average molecular weight is 494 g/mol. The lowest BCUT2D eigenvalue weighted by molar-refractivity contribution is -0.133. The van der Waals surface area contributed by atoms with Gasteiger partial charge < -0.3 is 16.0 Å². The van der Waals surface area contributed by atoms with Crippen molar-refractivity contribution < 1.29 is 14.4 Å². The molecule has 1 unspecified atom stereocenters. The Kier molecular flexibility index (Phi) is 5.84. The van der Waals surface area contributed by atoms with Crippen LogP contribution in [0.1, 0.15) is 66.9 Å². The monoisotopic (exact) mass is 493 g/mol. The number of hydrogen-bond acceptors (Lipinski definition) is 7. The maximum Gasteiger partial charge on any atom is 0.284 e. The van der Waals surface area contributed by atoms with E-state index < -0.39 is 6.04 Å². The van der Waals surface area contributed by atoms with Gasteiger partial charge in [0.25, 0.3) is 5.91 Å². The first-order valence-electron chi connectivity index (χ1n) is 12.6. The van der Waals surface area contributed by atoms with E-state index in [0.717, 1.165) is 35.7 Å². The topological polar surface area (TPSA) is 112 Å². The minimum absolute atomic E-state index is 0.220. The number of carbonyl (C=O) groups is 3. The molecule has 1 atom stereocenters. The number of piperidine rings is 1. The quantitative estimate of drug-likeness (QED) is 0.438. The van der Waals surface area contributed by atoms with Crippen LogP contribution < -0.4 is 21.3 Å². The predicted octanol–water partition coefficient (Wildman–Crippen LogP) is 3.67. The Morgan fingerprint density at radius 3 is 2.34 bits per heavy atom. The third-order valence-electron chi connectivity index (χ3n) is 8.15. The predicted molar refractivity (Wildman–Crippen MR) is 134 cm³/mol. The number of carbonyl (C=O) groups excluding carboxylic acids is 3. The van der Waals surface area contributed by atoms with Crippen molar-refractivity contribution in [3.05, 3.63) is 40.3 Å². The fourth-order valence-electron chi connectivity index (χ4n) is 6.96. The summed E-state index contributed by atoms with van der Waals surface area (Å²) in [4.78, 5) is 40.6. The minimum atomic E-state index is -0.436. The maximum absolute atomic E-state index is 12.7. The van der Waals surface area contributed by atoms with Crippen molar-refractivity contribution in [1.29, 1.82) is 0 Å². The molecule has 2 aromatic rings. The van der Waals surface area contributed by atoms with Gasteiger partial charge >= 0.3 is 0 Å². The van der Waals surface area contributed by atoms with Crippen LogP contribution in [0.2, 0.25) is 0 Å². The highest BCUT2D eigenvalue weighted by molar-refractivity contribution is 7.11. The van der Waals surface area contributed by atoms with Gasteiger partial charge in [0.1, 0.15) is 6.04 Å². The van der Waals surface area contributed by atoms with Crippen molar-refractivity contribution in [2.24, 2.45) is 17.8 Å². The molecule has 1 aromatic heterocycles. The summed E-state index contributed by atoms with van der Waals surface area (Å²) in [5, 5.41) is 14.7. The summed E-state index contributed by atoms with van der Waals surface area (Å²) in [6, 6.07) is 6.75. The molecule has 4 N–H and O–H groups in total. The van der Waals surface area contributed by atoms with Crippen LogP contribution in [0.4, 0.5) is 11.4 Å². The molecule has 1 saturated heterocycles. The molecule has 9 heteroatoms. The fraction of sp³-hybridized carbons (Fsp3) is 0.538. The highest BCUT2D eigenvalue weighted by Crippen LogP contribution is 2.55. The number of aromatic nitrogens is 1. The number of rotatable bonds is 7. The number of nitrogens with zero attached hydrogens (tertiary/aromatic N) is 1. The summed E-state index contributed by atoms with van der Waals surface area (Å²) in [6.45, 7) is 0.719. The minimum Gasteiger partial charge on any atom is -0.374 e. The van der Waals surface area contributed by atoms with E-state index in [1.54, 1.807) is 12.1 Å². The second kappa shape index (κ2) is 9.02. The molecule has 0 radical (unpaired) electrons. The van der Waals surface area contributed by atoms with E-state index in [4.69, 9.17) is 0 Å². The molecule has 8 nitrogen and oxygen atoms in total. The van der Waals surface area contributed by atoms with Gasteiger partial charge in [-0.05, 0) is 87.0 Å². The van der Waals surface area contributed by atoms with E-state index in [-0.39, 0.29) is 23.3 Å². The van der Waals surface area contributed by atoms with E-state index in [1.807, 2.05) is 17.5 Å². The van der Waals surface area contributed by atoms with E-state index >= 15 is 0 Å². The number of benzene rings is 1. The van der Waals surface area contributed by atoms with Crippen molar-refractivity contribution >= 4 is 40.4 Å². The Balaban J connectivity index is 1.02. The summed E-state index contributed by atoms with van der Waals surface area (Å²) in [5.74, 6) is 1.93. The highest BCUT2D eigenvalue weighted by Gasteiger charge is 2.50. The standard InChI is InChI=1S/C26H31N5O3S/c32-22-6-5-21(23(33)31-22)28-18-1-3-19(4-2-18)29-24(34)25-30-20(14-35-25)13-27-26-10-15-7-16(11-26)9-17(8-15)12-26/h1-4,14-17,21,27-28H,5-13H2,(H,29,34)(H,31,32,33). The summed E-state index contributed by atoms with van der Waals surface area (Å²) in [7, 11) is 0. The van der Waals surface area contributed by atoms with E-state index in [0.29, 0.717) is 23.5 Å². The van der Waals surface area contributed by atoms with Gasteiger partial charge in [-0.2, -0.15) is 0 Å². The Bertz CT molecular complexity index is 1110. The van der Waals surface area contributed by atoms with Gasteiger partial charge in [0.15, 0.2) is 5.01 Å². The molecule has 3 amide bonds. The van der Waals surface area contributed by atoms with Crippen LogP contribution in [-0.2, 0) is 16.1 Å². The Labute approximate surface area is 208 Å². The van der Waals surface area contributed by atoms with Gasteiger partial charge in [0, 0.05) is 35.3 Å². The molecule has 5 fully saturated rings. The van der Waals surface area contributed by atoms with Crippen LogP contribution in [0.5, 0.6) is 0 Å². The molecule has 4 bridgehead atoms. The van der Waals surface area contributed by atoms with Crippen LogP contribution in [0.25, 0.3) is 0 Å². The summed E-state index contributed by atoms with van der Waals surface area (Å²) < 4.78 is 0. The zero-order valence-corrected chi connectivity index (χ0v) is 20.5. The number of imide groups is 1. The number of nitrogens with one attached hydrogen (secondary N) is 4. The van der Waals surface area contributed by atoms with Crippen molar-refractivity contribution in [2.45, 2.75) is 69.5 Å². The number of thiazole rings is 1. The molecule has 35 heavy (non-hydrogen) atoms. The van der Waals surface area contributed by atoms with Crippen LogP contribution in [0, 0.1) is 17.8 Å². The van der Waals surface area contributed by atoms with E-state index in [9.17, 15) is 14.4 Å². The van der Waals surface area contributed by atoms with Crippen molar-refractivity contribution in [3.63, 3.8) is 0 Å². The lowest BCUT2D eigenvalue weighted by atomic mass is 9.53. The summed E-state index contributed by atoms with van der Waals surface area (Å²) in [5.41, 5.74) is 2.63. The van der Waals surface area contributed by atoms with Crippen LogP contribution in [0.3, 0.4) is 0 Å². The zero-order valence-electron chi connectivity index (χ0n) is 19.6. The van der Waals surface area contributed by atoms with Gasteiger partial charge in [-0.1, -0.05) is 0 Å². The molecule has 2 heterocycles. The smallest absolute Gasteiger partial charge is 0.284 e. The number of amides is 3. The van der Waals surface area contributed by atoms with Gasteiger partial charge in [-0.15, -0.1) is 11.3 Å². The molecule has 7 rings (SSSR count). The van der Waals surface area contributed by atoms with Crippen molar-refractivity contribution in [3.8, 4) is 0 Å². The van der Waals surface area contributed by atoms with E-state index in [2.05, 4.69) is 26.3 Å². The van der Waals surface area contributed by atoms with Crippen molar-refractivity contribution in [1.82, 2.24) is 15.6 Å². The second-order valence-corrected chi connectivity index (χ2v) is 11.7. The van der Waals surface area contributed by atoms with Gasteiger partial charge in [0.05, 0.1) is 5.69 Å². The largest absolute Gasteiger partial charge is 0.374 e. The third kappa shape index (κ3) is 4.84. The molecule has 0 spiro atoms. The van der Waals surface area contributed by atoms with Gasteiger partial charge in [-0.25, -0.2) is 4.98 Å². The van der Waals surface area contributed by atoms with Crippen LogP contribution in [-0.4, -0.2) is 34.3 Å². The first-order valence-corrected chi connectivity index (χ1v) is 13.5. The summed E-state index contributed by atoms with van der Waals surface area (Å²) >= 11 is 1.37. The molecular weight excluding hydrogens is 462 g/mol. The second-order valence-electron chi connectivity index (χ2n) is 10.9. The molecule has 5 aliphatic rings. The van der Waals surface area contributed by atoms with Crippen molar-refractivity contribution in [2.75, 3.05) is 10.6 Å². The first-order chi connectivity index (χ1) is 16.9. The molecule has 1 aliphatic heterocycles. The van der Waals surface area contributed by atoms with Crippen LogP contribution >= 0.6 is 11.3 Å². The number of anilines is 2. The third-order valence-corrected chi connectivity index (χ3v) is 9.04. The number of hydrogen-bond donors (Lipinski definition) is 4.